The van der Waals surface area contributed by atoms with Crippen LogP contribution in [-0.2, 0) is 14.3 Å². The van der Waals surface area contributed by atoms with Crippen molar-refractivity contribution in [3.05, 3.63) is 46.0 Å². The summed E-state index contributed by atoms with van der Waals surface area (Å²) in [6, 6.07) is 7.40. The third-order valence-corrected chi connectivity index (χ3v) is 4.91. The first-order valence-corrected chi connectivity index (χ1v) is 8.84. The van der Waals surface area contributed by atoms with Gasteiger partial charge in [0.05, 0.1) is 12.3 Å². The fourth-order valence-electron chi connectivity index (χ4n) is 2.27. The van der Waals surface area contributed by atoms with Crippen LogP contribution >= 0.6 is 23.4 Å². The first-order chi connectivity index (χ1) is 12.0. The molecular weight excluding hydrogens is 360 g/mol. The standard InChI is InChI=1S/C18H17ClN2O3S/c1-12(2)18(23)24-8-4-3-7-21-15-6-5-14(19)9-16(15)25-17(21)13(10-20)11-22/h5-6,9,11H,1,3-4,7-8H2,2H3/b17-13-. The number of benzene rings is 1. The molecular formula is C18H17ClN2O3S. The predicted octanol–water partition coefficient (Wildman–Crippen LogP) is 4.09. The van der Waals surface area contributed by atoms with Crippen molar-refractivity contribution in [3.63, 3.8) is 0 Å². The summed E-state index contributed by atoms with van der Waals surface area (Å²) >= 11 is 7.39. The van der Waals surface area contributed by atoms with Crippen LogP contribution in [0.25, 0.3) is 0 Å². The number of rotatable bonds is 7. The number of fused-ring (bicyclic) bond motifs is 1. The van der Waals surface area contributed by atoms with Crippen molar-refractivity contribution < 1.29 is 14.3 Å². The summed E-state index contributed by atoms with van der Waals surface area (Å²) in [5.41, 5.74) is 1.38. The number of esters is 1. The SMILES string of the molecule is C=C(C)C(=O)OCCCCN1/C(=C(\C#N)C=O)Sc2cc(Cl)ccc21. The molecule has 0 amide bonds. The Morgan fingerprint density at radius 1 is 1.48 bits per heavy atom. The molecule has 1 aliphatic rings. The highest BCUT2D eigenvalue weighted by Gasteiger charge is 2.28. The molecule has 0 N–H and O–H groups in total. The highest BCUT2D eigenvalue weighted by Crippen LogP contribution is 2.47. The molecule has 0 fully saturated rings. The Labute approximate surface area is 155 Å². The van der Waals surface area contributed by atoms with Gasteiger partial charge in [0.2, 0.25) is 0 Å². The molecule has 25 heavy (non-hydrogen) atoms. The molecule has 2 rings (SSSR count). The van der Waals surface area contributed by atoms with E-state index in [0.717, 1.165) is 17.0 Å². The van der Waals surface area contributed by atoms with Gasteiger partial charge in [0.25, 0.3) is 0 Å². The van der Waals surface area contributed by atoms with Gasteiger partial charge in [-0.25, -0.2) is 4.79 Å². The molecule has 1 aromatic rings. The third kappa shape index (κ3) is 4.65. The Bertz CT molecular complexity index is 783. The van der Waals surface area contributed by atoms with Gasteiger partial charge in [-0.3, -0.25) is 4.79 Å². The van der Waals surface area contributed by atoms with Crippen LogP contribution in [0.2, 0.25) is 5.02 Å². The van der Waals surface area contributed by atoms with E-state index in [-0.39, 0.29) is 5.57 Å². The monoisotopic (exact) mass is 376 g/mol. The zero-order valence-electron chi connectivity index (χ0n) is 13.8. The Morgan fingerprint density at radius 2 is 2.24 bits per heavy atom. The molecule has 7 heteroatoms. The van der Waals surface area contributed by atoms with E-state index >= 15 is 0 Å². The number of carbonyl (C=O) groups is 2. The number of thioether (sulfide) groups is 1. The minimum absolute atomic E-state index is 0.0889. The maximum Gasteiger partial charge on any atom is 0.333 e. The summed E-state index contributed by atoms with van der Waals surface area (Å²) in [4.78, 5) is 25.4. The summed E-state index contributed by atoms with van der Waals surface area (Å²) in [7, 11) is 0. The molecule has 0 aliphatic carbocycles. The molecule has 0 atom stereocenters. The van der Waals surface area contributed by atoms with Crippen molar-refractivity contribution in [2.45, 2.75) is 24.7 Å². The van der Waals surface area contributed by atoms with Gasteiger partial charge in [0.1, 0.15) is 16.7 Å². The molecule has 0 saturated heterocycles. The smallest absolute Gasteiger partial charge is 0.333 e. The average Bonchev–Trinajstić information content (AvgIpc) is 2.93. The number of nitrogens with zero attached hydrogens (tertiary/aromatic N) is 2. The van der Waals surface area contributed by atoms with Crippen LogP contribution in [0.3, 0.4) is 0 Å². The lowest BCUT2D eigenvalue weighted by atomic mass is 10.2. The first kappa shape index (κ1) is 19.1. The number of nitriles is 1. The van der Waals surface area contributed by atoms with Crippen LogP contribution in [-0.4, -0.2) is 25.4 Å². The van der Waals surface area contributed by atoms with E-state index < -0.39 is 5.97 Å². The number of hydrogen-bond donors (Lipinski definition) is 0. The highest BCUT2D eigenvalue weighted by atomic mass is 35.5. The lowest BCUT2D eigenvalue weighted by Crippen LogP contribution is -2.21. The van der Waals surface area contributed by atoms with Crippen LogP contribution in [0.1, 0.15) is 19.8 Å². The van der Waals surface area contributed by atoms with Gasteiger partial charge >= 0.3 is 5.97 Å². The van der Waals surface area contributed by atoms with E-state index in [1.807, 2.05) is 23.1 Å². The summed E-state index contributed by atoms with van der Waals surface area (Å²) in [5.74, 6) is -0.398. The minimum atomic E-state index is -0.398. The van der Waals surface area contributed by atoms with Crippen molar-refractivity contribution in [2.75, 3.05) is 18.1 Å². The number of anilines is 1. The molecule has 0 spiro atoms. The average molecular weight is 377 g/mol. The first-order valence-electron chi connectivity index (χ1n) is 7.65. The Hall–Kier alpha value is -2.23. The number of ether oxygens (including phenoxy) is 1. The van der Waals surface area contributed by atoms with E-state index in [1.54, 1.807) is 13.0 Å². The quantitative estimate of drug-likeness (QED) is 0.235. The molecule has 1 aliphatic heterocycles. The van der Waals surface area contributed by atoms with Crippen LogP contribution in [0.4, 0.5) is 5.69 Å². The summed E-state index contributed by atoms with van der Waals surface area (Å²) in [6.45, 7) is 6.04. The van der Waals surface area contributed by atoms with Gasteiger partial charge in [0.15, 0.2) is 6.29 Å². The van der Waals surface area contributed by atoms with Gasteiger partial charge < -0.3 is 9.64 Å². The van der Waals surface area contributed by atoms with E-state index in [4.69, 9.17) is 16.3 Å². The normalized spacial score (nSPS) is 14.5. The van der Waals surface area contributed by atoms with Gasteiger partial charge in [-0.1, -0.05) is 29.9 Å². The summed E-state index contributed by atoms with van der Waals surface area (Å²) in [5, 5.41) is 10.4. The highest BCUT2D eigenvalue weighted by molar-refractivity contribution is 8.03. The third-order valence-electron chi connectivity index (χ3n) is 3.49. The summed E-state index contributed by atoms with van der Waals surface area (Å²) < 4.78 is 5.07. The Kier molecular flexibility index (Phi) is 6.68. The van der Waals surface area contributed by atoms with Gasteiger partial charge in [-0.05, 0) is 38.0 Å². The largest absolute Gasteiger partial charge is 0.462 e. The molecule has 0 bridgehead atoms. The predicted molar refractivity (Wildman–Crippen MR) is 98.4 cm³/mol. The van der Waals surface area contributed by atoms with Gasteiger partial charge in [-0.15, -0.1) is 0 Å². The van der Waals surface area contributed by atoms with E-state index in [9.17, 15) is 14.9 Å². The minimum Gasteiger partial charge on any atom is -0.462 e. The molecule has 1 heterocycles. The van der Waals surface area contributed by atoms with Crippen molar-refractivity contribution >= 4 is 41.3 Å². The van der Waals surface area contributed by atoms with Crippen LogP contribution in [0.5, 0.6) is 0 Å². The Morgan fingerprint density at radius 3 is 2.88 bits per heavy atom. The number of hydrogen-bond acceptors (Lipinski definition) is 6. The molecule has 5 nitrogen and oxygen atoms in total. The van der Waals surface area contributed by atoms with Crippen LogP contribution in [0.15, 0.2) is 45.8 Å². The zero-order chi connectivity index (χ0) is 18.4. The van der Waals surface area contributed by atoms with Crippen LogP contribution < -0.4 is 4.90 Å². The fraction of sp³-hybridized carbons (Fsp3) is 0.278. The number of carbonyl (C=O) groups excluding carboxylic acids is 2. The van der Waals surface area contributed by atoms with E-state index in [2.05, 4.69) is 6.58 Å². The Balaban J connectivity index is 2.07. The fourth-order valence-corrected chi connectivity index (χ4v) is 3.69. The van der Waals surface area contributed by atoms with E-state index in [1.165, 1.54) is 11.8 Å². The molecule has 0 aromatic heterocycles. The molecule has 1 aromatic carbocycles. The second-order valence-corrected chi connectivity index (χ2v) is 6.90. The molecule has 0 unspecified atom stereocenters. The summed E-state index contributed by atoms with van der Waals surface area (Å²) in [6.07, 6.45) is 1.96. The molecule has 0 radical (unpaired) electrons. The van der Waals surface area contributed by atoms with Gasteiger partial charge in [0, 0.05) is 22.0 Å². The van der Waals surface area contributed by atoms with Crippen molar-refractivity contribution in [1.29, 1.82) is 5.26 Å². The van der Waals surface area contributed by atoms with Crippen LogP contribution in [0, 0.1) is 11.3 Å². The lowest BCUT2D eigenvalue weighted by Gasteiger charge is -2.20. The molecule has 0 saturated carbocycles. The number of unbranched alkanes of at least 4 members (excludes halogenated alkanes) is 1. The number of halogens is 1. The number of aldehydes is 1. The maximum absolute atomic E-state index is 11.3. The van der Waals surface area contributed by atoms with Crippen molar-refractivity contribution in [3.8, 4) is 6.07 Å². The van der Waals surface area contributed by atoms with E-state index in [0.29, 0.717) is 41.5 Å². The number of allylic oxidation sites excluding steroid dienone is 1. The second-order valence-electron chi connectivity index (χ2n) is 5.44. The topological polar surface area (TPSA) is 70.4 Å². The molecule has 130 valence electrons. The van der Waals surface area contributed by atoms with Crippen molar-refractivity contribution in [2.24, 2.45) is 0 Å². The zero-order valence-corrected chi connectivity index (χ0v) is 15.3. The second kappa shape index (κ2) is 8.75. The maximum atomic E-state index is 11.3. The van der Waals surface area contributed by atoms with Gasteiger partial charge in [-0.2, -0.15) is 5.26 Å². The lowest BCUT2D eigenvalue weighted by molar-refractivity contribution is -0.139. The van der Waals surface area contributed by atoms with Crippen molar-refractivity contribution in [1.82, 2.24) is 0 Å².